The van der Waals surface area contributed by atoms with Gasteiger partial charge in [-0.2, -0.15) is 0 Å². The van der Waals surface area contributed by atoms with E-state index in [4.69, 9.17) is 10.5 Å². The highest BCUT2D eigenvalue weighted by Gasteiger charge is 2.07. The minimum absolute atomic E-state index is 0.459. The van der Waals surface area contributed by atoms with E-state index in [9.17, 15) is 0 Å². The molecule has 0 fully saturated rings. The van der Waals surface area contributed by atoms with Crippen molar-refractivity contribution in [2.75, 3.05) is 6.61 Å². The van der Waals surface area contributed by atoms with Crippen LogP contribution in [0.1, 0.15) is 12.6 Å². The molecule has 0 bridgehead atoms. The molecule has 2 N–H and O–H groups in total. The van der Waals surface area contributed by atoms with Crippen LogP contribution in [0.4, 0.5) is 0 Å². The molecule has 16 heavy (non-hydrogen) atoms. The number of aromatic nitrogens is 2. The number of nitrogens with two attached hydrogens (primary N) is 1. The summed E-state index contributed by atoms with van der Waals surface area (Å²) in [5.74, 6) is 0.845. The van der Waals surface area contributed by atoms with E-state index in [0.717, 1.165) is 17.1 Å². The Morgan fingerprint density at radius 3 is 2.94 bits per heavy atom. The van der Waals surface area contributed by atoms with Gasteiger partial charge in [0.1, 0.15) is 5.75 Å². The molecule has 4 heteroatoms. The summed E-state index contributed by atoms with van der Waals surface area (Å²) in [5, 5.41) is 0. The summed E-state index contributed by atoms with van der Waals surface area (Å²) in [5.41, 5.74) is 7.59. The molecular formula is C12H15N3O. The molecule has 0 saturated carbocycles. The third-order valence-corrected chi connectivity index (χ3v) is 2.35. The second kappa shape index (κ2) is 4.81. The fourth-order valence-corrected chi connectivity index (χ4v) is 1.62. The van der Waals surface area contributed by atoms with E-state index in [1.165, 1.54) is 0 Å². The van der Waals surface area contributed by atoms with E-state index in [1.54, 1.807) is 12.5 Å². The molecule has 2 aromatic rings. The van der Waals surface area contributed by atoms with Gasteiger partial charge in [0.05, 0.1) is 24.3 Å². The highest BCUT2D eigenvalue weighted by molar-refractivity contribution is 5.47. The summed E-state index contributed by atoms with van der Waals surface area (Å²) in [6, 6.07) is 7.86. The van der Waals surface area contributed by atoms with Gasteiger partial charge in [0.15, 0.2) is 0 Å². The maximum Gasteiger partial charge on any atom is 0.143 e. The number of nitrogens with zero attached hydrogens (tertiary/aromatic N) is 2. The normalized spacial score (nSPS) is 10.4. The van der Waals surface area contributed by atoms with Gasteiger partial charge in [-0.25, -0.2) is 4.98 Å². The van der Waals surface area contributed by atoms with Crippen molar-refractivity contribution in [1.82, 2.24) is 9.55 Å². The van der Waals surface area contributed by atoms with Crippen LogP contribution in [0, 0.1) is 0 Å². The van der Waals surface area contributed by atoms with Gasteiger partial charge in [0.2, 0.25) is 0 Å². The number of ether oxygens (including phenoxy) is 1. The summed E-state index contributed by atoms with van der Waals surface area (Å²) in [6.07, 6.45) is 3.52. The second-order valence-electron chi connectivity index (χ2n) is 3.36. The van der Waals surface area contributed by atoms with Crippen LogP contribution in [0.15, 0.2) is 36.8 Å². The number of benzene rings is 1. The van der Waals surface area contributed by atoms with Crippen molar-refractivity contribution in [1.29, 1.82) is 0 Å². The molecule has 2 rings (SSSR count). The lowest BCUT2D eigenvalue weighted by Gasteiger charge is -2.12. The lowest BCUT2D eigenvalue weighted by Crippen LogP contribution is -2.06. The van der Waals surface area contributed by atoms with Crippen LogP contribution in [0.3, 0.4) is 0 Å². The van der Waals surface area contributed by atoms with E-state index in [1.807, 2.05) is 35.8 Å². The first-order valence-corrected chi connectivity index (χ1v) is 5.30. The van der Waals surface area contributed by atoms with Crippen molar-refractivity contribution in [3.63, 3.8) is 0 Å². The van der Waals surface area contributed by atoms with Crippen LogP contribution in [0.25, 0.3) is 5.69 Å². The van der Waals surface area contributed by atoms with E-state index in [2.05, 4.69) is 4.98 Å². The molecular weight excluding hydrogens is 202 g/mol. The van der Waals surface area contributed by atoms with Gasteiger partial charge in [-0.3, -0.25) is 4.57 Å². The molecule has 0 atom stereocenters. The molecule has 0 aliphatic rings. The fraction of sp³-hybridized carbons (Fsp3) is 0.250. The summed E-state index contributed by atoms with van der Waals surface area (Å²) >= 11 is 0. The van der Waals surface area contributed by atoms with Crippen molar-refractivity contribution in [2.24, 2.45) is 5.73 Å². The maximum absolute atomic E-state index is 5.65. The second-order valence-corrected chi connectivity index (χ2v) is 3.36. The van der Waals surface area contributed by atoms with Gasteiger partial charge in [0, 0.05) is 12.7 Å². The molecule has 0 amide bonds. The average molecular weight is 217 g/mol. The third-order valence-electron chi connectivity index (χ3n) is 2.35. The lowest BCUT2D eigenvalue weighted by molar-refractivity contribution is 0.339. The Kier molecular flexibility index (Phi) is 3.22. The van der Waals surface area contributed by atoms with Gasteiger partial charge >= 0.3 is 0 Å². The van der Waals surface area contributed by atoms with E-state index < -0.39 is 0 Å². The summed E-state index contributed by atoms with van der Waals surface area (Å²) in [6.45, 7) is 3.07. The first kappa shape index (κ1) is 10.7. The van der Waals surface area contributed by atoms with Crippen molar-refractivity contribution in [3.8, 4) is 11.4 Å². The van der Waals surface area contributed by atoms with Crippen LogP contribution >= 0.6 is 0 Å². The number of rotatable bonds is 4. The van der Waals surface area contributed by atoms with Gasteiger partial charge in [-0.05, 0) is 19.1 Å². The molecule has 0 saturated heterocycles. The molecule has 0 aliphatic carbocycles. The van der Waals surface area contributed by atoms with Crippen LogP contribution in [0.5, 0.6) is 5.75 Å². The van der Waals surface area contributed by atoms with Crippen molar-refractivity contribution in [2.45, 2.75) is 13.5 Å². The van der Waals surface area contributed by atoms with Gasteiger partial charge < -0.3 is 10.5 Å². The number of imidazole rings is 1. The van der Waals surface area contributed by atoms with Crippen LogP contribution < -0.4 is 10.5 Å². The van der Waals surface area contributed by atoms with Crippen LogP contribution in [-0.4, -0.2) is 16.2 Å². The molecule has 4 nitrogen and oxygen atoms in total. The molecule has 84 valence electrons. The Bertz CT molecular complexity index is 465. The summed E-state index contributed by atoms with van der Waals surface area (Å²) < 4.78 is 7.52. The smallest absolute Gasteiger partial charge is 0.143 e. The Morgan fingerprint density at radius 2 is 2.19 bits per heavy atom. The molecule has 1 aromatic heterocycles. The fourth-order valence-electron chi connectivity index (χ4n) is 1.62. The Morgan fingerprint density at radius 1 is 1.38 bits per heavy atom. The van der Waals surface area contributed by atoms with Crippen LogP contribution in [0.2, 0.25) is 0 Å². The van der Waals surface area contributed by atoms with Gasteiger partial charge in [-0.1, -0.05) is 12.1 Å². The molecule has 1 heterocycles. The minimum atomic E-state index is 0.459. The zero-order chi connectivity index (χ0) is 11.4. The van der Waals surface area contributed by atoms with Gasteiger partial charge in [0.25, 0.3) is 0 Å². The van der Waals surface area contributed by atoms with Crippen LogP contribution in [-0.2, 0) is 6.54 Å². The zero-order valence-electron chi connectivity index (χ0n) is 9.26. The van der Waals surface area contributed by atoms with E-state index >= 15 is 0 Å². The molecule has 0 radical (unpaired) electrons. The van der Waals surface area contributed by atoms with Crippen molar-refractivity contribution >= 4 is 0 Å². The first-order chi connectivity index (χ1) is 7.86. The first-order valence-electron chi connectivity index (χ1n) is 5.30. The number of hydrogen-bond acceptors (Lipinski definition) is 3. The topological polar surface area (TPSA) is 53.1 Å². The number of hydrogen-bond donors (Lipinski definition) is 1. The standard InChI is InChI=1S/C12H15N3O/c1-2-16-12-6-4-3-5-11(12)15-9-14-8-10(15)7-13/h3-6,8-9H,2,7,13H2,1H3. The van der Waals surface area contributed by atoms with E-state index in [0.29, 0.717) is 13.2 Å². The van der Waals surface area contributed by atoms with Gasteiger partial charge in [-0.15, -0.1) is 0 Å². The monoisotopic (exact) mass is 217 g/mol. The Hall–Kier alpha value is -1.81. The molecule has 0 unspecified atom stereocenters. The van der Waals surface area contributed by atoms with Crippen molar-refractivity contribution < 1.29 is 4.74 Å². The quantitative estimate of drug-likeness (QED) is 0.848. The highest BCUT2D eigenvalue weighted by Crippen LogP contribution is 2.23. The number of para-hydroxylation sites is 2. The van der Waals surface area contributed by atoms with E-state index in [-0.39, 0.29) is 0 Å². The third kappa shape index (κ3) is 1.92. The SMILES string of the molecule is CCOc1ccccc1-n1cncc1CN. The predicted octanol–water partition coefficient (Wildman–Crippen LogP) is 1.73. The average Bonchev–Trinajstić information content (AvgIpc) is 2.78. The maximum atomic E-state index is 5.65. The predicted molar refractivity (Wildman–Crippen MR) is 62.6 cm³/mol. The lowest BCUT2D eigenvalue weighted by atomic mass is 10.3. The summed E-state index contributed by atoms with van der Waals surface area (Å²) in [4.78, 5) is 4.10. The van der Waals surface area contributed by atoms with Crippen molar-refractivity contribution in [3.05, 3.63) is 42.5 Å². The summed E-state index contributed by atoms with van der Waals surface area (Å²) in [7, 11) is 0. The Labute approximate surface area is 94.7 Å². The zero-order valence-corrected chi connectivity index (χ0v) is 9.26. The molecule has 0 spiro atoms. The molecule has 0 aliphatic heterocycles. The highest BCUT2D eigenvalue weighted by atomic mass is 16.5. The minimum Gasteiger partial charge on any atom is -0.492 e. The Balaban J connectivity index is 2.46. The largest absolute Gasteiger partial charge is 0.492 e. The molecule has 1 aromatic carbocycles.